The van der Waals surface area contributed by atoms with Crippen LogP contribution in [0.1, 0.15) is 0 Å². The lowest BCUT2D eigenvalue weighted by Gasteiger charge is -2.18. The summed E-state index contributed by atoms with van der Waals surface area (Å²) >= 11 is 10.9. The van der Waals surface area contributed by atoms with E-state index in [2.05, 4.69) is 10.6 Å². The maximum absolute atomic E-state index is 9.42. The van der Waals surface area contributed by atoms with Gasteiger partial charge < -0.3 is 20.8 Å². The molecule has 0 aliphatic carbocycles. The monoisotopic (exact) mass is 280 g/mol. The van der Waals surface area contributed by atoms with Crippen LogP contribution in [0.3, 0.4) is 0 Å². The molecule has 0 aliphatic heterocycles. The summed E-state index contributed by atoms with van der Waals surface area (Å²) in [5.74, 6) is 0.987. The van der Waals surface area contributed by atoms with Crippen molar-refractivity contribution in [1.29, 1.82) is 0 Å². The molecule has 0 amide bonds. The Balaban J connectivity index is 0. The molecule has 0 saturated heterocycles. The number of alkyl halides is 2. The summed E-state index contributed by atoms with van der Waals surface area (Å²) in [6.45, 7) is 1.94. The summed E-state index contributed by atoms with van der Waals surface area (Å²) in [5.41, 5.74) is 0. The second kappa shape index (κ2) is 12.8. The molecule has 2 atom stereocenters. The average Bonchev–Trinajstić information content (AvgIpc) is 2.18. The minimum absolute atomic E-state index is 0. The van der Waals surface area contributed by atoms with Crippen molar-refractivity contribution in [2.45, 2.75) is 12.2 Å². The Morgan fingerprint density at radius 2 is 1.20 bits per heavy atom. The Kier molecular flexibility index (Phi) is 15.4. The Hall–Kier alpha value is 0.710. The molecule has 94 valence electrons. The van der Waals surface area contributed by atoms with Crippen LogP contribution in [0.15, 0.2) is 0 Å². The van der Waals surface area contributed by atoms with E-state index in [4.69, 9.17) is 23.2 Å². The normalized spacial score (nSPS) is 14.4. The summed E-state index contributed by atoms with van der Waals surface area (Å²) in [6, 6.07) is 0. The fourth-order valence-corrected chi connectivity index (χ4v) is 1.17. The summed E-state index contributed by atoms with van der Waals surface area (Å²) < 4.78 is 0. The van der Waals surface area contributed by atoms with Gasteiger partial charge in [0, 0.05) is 37.9 Å². The first kappa shape index (κ1) is 18.1. The molecule has 15 heavy (non-hydrogen) atoms. The number of rotatable bonds is 9. The highest BCUT2D eigenvalue weighted by molar-refractivity contribution is 6.18. The predicted octanol–water partition coefficient (Wildman–Crippen LogP) is -0.213. The zero-order valence-corrected chi connectivity index (χ0v) is 10.8. The molecule has 4 nitrogen and oxygen atoms in total. The molecule has 4 N–H and O–H groups in total. The van der Waals surface area contributed by atoms with Gasteiger partial charge in [-0.15, -0.1) is 35.6 Å². The van der Waals surface area contributed by atoms with Crippen LogP contribution >= 0.6 is 35.6 Å². The highest BCUT2D eigenvalue weighted by Gasteiger charge is 2.14. The molecule has 0 aromatic heterocycles. The molecule has 0 rings (SSSR count). The first-order valence-electron chi connectivity index (χ1n) is 4.61. The van der Waals surface area contributed by atoms with E-state index in [0.29, 0.717) is 37.9 Å². The second-order valence-electron chi connectivity index (χ2n) is 2.92. The molecular weight excluding hydrogens is 262 g/mol. The van der Waals surface area contributed by atoms with E-state index in [0.717, 1.165) is 0 Å². The Labute approximate surface area is 107 Å². The molecule has 0 fully saturated rings. The Morgan fingerprint density at radius 3 is 1.47 bits per heavy atom. The molecule has 0 heterocycles. The fraction of sp³-hybridized carbons (Fsp3) is 1.00. The SMILES string of the molecule is Cl.O[C@H](CNCCCl)[C@@H](O)CNCCCl. The summed E-state index contributed by atoms with van der Waals surface area (Å²) in [5, 5.41) is 24.7. The first-order valence-corrected chi connectivity index (χ1v) is 5.68. The standard InChI is InChI=1S/C8H18Cl2N2O2.ClH/c9-1-3-11-5-7(13)8(14)6-12-4-2-10;/h7-8,11-14H,1-6H2;1H/t7-,8+;. The van der Waals surface area contributed by atoms with Gasteiger partial charge in [-0.2, -0.15) is 0 Å². The van der Waals surface area contributed by atoms with Crippen LogP contribution < -0.4 is 10.6 Å². The fourth-order valence-electron chi connectivity index (χ4n) is 0.906. The smallest absolute Gasteiger partial charge is 0.0935 e. The van der Waals surface area contributed by atoms with Crippen LogP contribution in [0.4, 0.5) is 0 Å². The highest BCUT2D eigenvalue weighted by atomic mass is 35.5. The van der Waals surface area contributed by atoms with Crippen molar-refractivity contribution >= 4 is 35.6 Å². The third kappa shape index (κ3) is 11.0. The number of nitrogens with one attached hydrogen (secondary N) is 2. The minimum Gasteiger partial charge on any atom is -0.389 e. The Bertz CT molecular complexity index is 118. The van der Waals surface area contributed by atoms with Gasteiger partial charge >= 0.3 is 0 Å². The first-order chi connectivity index (χ1) is 6.72. The number of aliphatic hydroxyl groups excluding tert-OH is 2. The van der Waals surface area contributed by atoms with Crippen molar-refractivity contribution in [1.82, 2.24) is 10.6 Å². The van der Waals surface area contributed by atoms with Gasteiger partial charge in [0.1, 0.15) is 0 Å². The van der Waals surface area contributed by atoms with Crippen LogP contribution in [-0.2, 0) is 0 Å². The molecule has 0 saturated carbocycles. The summed E-state index contributed by atoms with van der Waals surface area (Å²) in [4.78, 5) is 0. The maximum atomic E-state index is 9.42. The van der Waals surface area contributed by atoms with Crippen molar-refractivity contribution in [2.75, 3.05) is 37.9 Å². The number of hydrogen-bond donors (Lipinski definition) is 4. The van der Waals surface area contributed by atoms with Crippen molar-refractivity contribution in [2.24, 2.45) is 0 Å². The minimum atomic E-state index is -0.777. The topological polar surface area (TPSA) is 64.5 Å². The molecule has 0 radical (unpaired) electrons. The molecule has 0 spiro atoms. The predicted molar refractivity (Wildman–Crippen MR) is 66.4 cm³/mol. The lowest BCUT2D eigenvalue weighted by atomic mass is 10.2. The van der Waals surface area contributed by atoms with Crippen molar-refractivity contribution in [3.63, 3.8) is 0 Å². The van der Waals surface area contributed by atoms with Gasteiger partial charge in [0.2, 0.25) is 0 Å². The van der Waals surface area contributed by atoms with Crippen LogP contribution in [0, 0.1) is 0 Å². The lowest BCUT2D eigenvalue weighted by molar-refractivity contribution is 0.0216. The highest BCUT2D eigenvalue weighted by Crippen LogP contribution is 1.90. The van der Waals surface area contributed by atoms with Crippen molar-refractivity contribution < 1.29 is 10.2 Å². The van der Waals surface area contributed by atoms with Gasteiger partial charge in [-0.1, -0.05) is 0 Å². The molecule has 0 unspecified atom stereocenters. The molecule has 0 aromatic rings. The molecule has 7 heteroatoms. The van der Waals surface area contributed by atoms with Gasteiger partial charge in [0.05, 0.1) is 12.2 Å². The van der Waals surface area contributed by atoms with E-state index in [9.17, 15) is 10.2 Å². The van der Waals surface area contributed by atoms with Gasteiger partial charge in [0.25, 0.3) is 0 Å². The van der Waals surface area contributed by atoms with Gasteiger partial charge in [-0.05, 0) is 0 Å². The van der Waals surface area contributed by atoms with Gasteiger partial charge in [-0.25, -0.2) is 0 Å². The number of halogens is 3. The number of hydrogen-bond acceptors (Lipinski definition) is 4. The van der Waals surface area contributed by atoms with Gasteiger partial charge in [-0.3, -0.25) is 0 Å². The van der Waals surface area contributed by atoms with E-state index in [1.165, 1.54) is 0 Å². The van der Waals surface area contributed by atoms with E-state index < -0.39 is 12.2 Å². The third-order valence-corrected chi connectivity index (χ3v) is 2.07. The molecular formula is C8H19Cl3N2O2. The van der Waals surface area contributed by atoms with Crippen molar-refractivity contribution in [3.8, 4) is 0 Å². The molecule has 0 bridgehead atoms. The lowest BCUT2D eigenvalue weighted by Crippen LogP contribution is -2.42. The summed E-state index contributed by atoms with van der Waals surface area (Å²) in [7, 11) is 0. The van der Waals surface area contributed by atoms with Crippen LogP contribution in [-0.4, -0.2) is 60.4 Å². The van der Waals surface area contributed by atoms with Crippen LogP contribution in [0.25, 0.3) is 0 Å². The zero-order valence-electron chi connectivity index (χ0n) is 8.46. The van der Waals surface area contributed by atoms with Gasteiger partial charge in [0.15, 0.2) is 0 Å². The Morgan fingerprint density at radius 1 is 0.867 bits per heavy atom. The molecule has 0 aromatic carbocycles. The second-order valence-corrected chi connectivity index (χ2v) is 3.68. The average molecular weight is 282 g/mol. The van der Waals surface area contributed by atoms with Crippen LogP contribution in [0.2, 0.25) is 0 Å². The molecule has 0 aliphatic rings. The third-order valence-electron chi connectivity index (χ3n) is 1.69. The van der Waals surface area contributed by atoms with E-state index in [-0.39, 0.29) is 12.4 Å². The van der Waals surface area contributed by atoms with E-state index >= 15 is 0 Å². The summed E-state index contributed by atoms with van der Waals surface area (Å²) in [6.07, 6.45) is -1.55. The number of aliphatic hydroxyl groups is 2. The zero-order chi connectivity index (χ0) is 10.8. The maximum Gasteiger partial charge on any atom is 0.0935 e. The quantitative estimate of drug-likeness (QED) is 0.349. The largest absolute Gasteiger partial charge is 0.389 e. The van der Waals surface area contributed by atoms with E-state index in [1.807, 2.05) is 0 Å². The van der Waals surface area contributed by atoms with Crippen LogP contribution in [0.5, 0.6) is 0 Å². The van der Waals surface area contributed by atoms with E-state index in [1.54, 1.807) is 0 Å². The van der Waals surface area contributed by atoms with Crippen molar-refractivity contribution in [3.05, 3.63) is 0 Å².